The van der Waals surface area contributed by atoms with Crippen molar-refractivity contribution in [2.24, 2.45) is 0 Å². The van der Waals surface area contributed by atoms with Gasteiger partial charge in [0.15, 0.2) is 0 Å². The van der Waals surface area contributed by atoms with Crippen LogP contribution in [0.4, 0.5) is 0 Å². The number of hydrogen-bond donors (Lipinski definition) is 1. The highest BCUT2D eigenvalue weighted by Crippen LogP contribution is 2.20. The number of ether oxygens (including phenoxy) is 1. The number of likely N-dealkylation sites (tertiary alicyclic amines) is 1. The Morgan fingerprint density at radius 3 is 2.91 bits per heavy atom. The number of hydrogen-bond acceptors (Lipinski definition) is 3. The zero-order chi connectivity index (χ0) is 16.7. The maximum Gasteiger partial charge on any atom is 0.251 e. The van der Waals surface area contributed by atoms with Crippen molar-refractivity contribution in [1.29, 1.82) is 0 Å². The number of aryl methyl sites for hydroxylation is 1. The first-order valence-electron chi connectivity index (χ1n) is 8.82. The van der Waals surface area contributed by atoms with Crippen molar-refractivity contribution in [3.05, 3.63) is 29.3 Å². The van der Waals surface area contributed by atoms with Gasteiger partial charge in [-0.2, -0.15) is 0 Å². The second kappa shape index (κ2) is 8.92. The molecule has 0 bridgehead atoms. The number of rotatable bonds is 7. The van der Waals surface area contributed by atoms with Crippen LogP contribution >= 0.6 is 0 Å². The number of nitrogens with zero attached hydrogens (tertiary/aromatic N) is 1. The van der Waals surface area contributed by atoms with Gasteiger partial charge in [-0.25, -0.2) is 0 Å². The Morgan fingerprint density at radius 1 is 1.39 bits per heavy atom. The van der Waals surface area contributed by atoms with Gasteiger partial charge >= 0.3 is 0 Å². The quantitative estimate of drug-likeness (QED) is 0.784. The molecule has 0 aromatic heterocycles. The minimum absolute atomic E-state index is 0.00133. The summed E-state index contributed by atoms with van der Waals surface area (Å²) in [6, 6.07) is 6.29. The standard InChI is InChI=1S/C19H30N2O2/c1-4-17-8-5-6-12-21(17)13-7-11-20-19(22)16-9-10-18(23-3)15(2)14-16/h9-10,14,17H,4-8,11-13H2,1-3H3,(H,20,22)/t17-/m1/s1. The van der Waals surface area contributed by atoms with E-state index in [1.54, 1.807) is 7.11 Å². The Morgan fingerprint density at radius 2 is 2.22 bits per heavy atom. The molecule has 1 aromatic carbocycles. The number of methoxy groups -OCH3 is 1. The van der Waals surface area contributed by atoms with Crippen LogP contribution in [0.1, 0.15) is 54.9 Å². The zero-order valence-corrected chi connectivity index (χ0v) is 14.7. The van der Waals surface area contributed by atoms with Crippen molar-refractivity contribution in [2.45, 2.75) is 52.0 Å². The Kier molecular flexibility index (Phi) is 6.90. The fourth-order valence-corrected chi connectivity index (χ4v) is 3.42. The van der Waals surface area contributed by atoms with E-state index in [0.717, 1.165) is 36.9 Å². The minimum Gasteiger partial charge on any atom is -0.496 e. The number of amides is 1. The molecule has 1 N–H and O–H groups in total. The first-order chi connectivity index (χ1) is 11.2. The summed E-state index contributed by atoms with van der Waals surface area (Å²) < 4.78 is 5.23. The lowest BCUT2D eigenvalue weighted by Gasteiger charge is -2.35. The number of carbonyl (C=O) groups excluding carboxylic acids is 1. The molecule has 1 fully saturated rings. The number of nitrogens with one attached hydrogen (secondary N) is 1. The third-order valence-corrected chi connectivity index (χ3v) is 4.79. The molecule has 0 unspecified atom stereocenters. The molecule has 128 valence electrons. The summed E-state index contributed by atoms with van der Waals surface area (Å²) >= 11 is 0. The molecule has 23 heavy (non-hydrogen) atoms. The van der Waals surface area contributed by atoms with E-state index >= 15 is 0 Å². The lowest BCUT2D eigenvalue weighted by molar-refractivity contribution is 0.0947. The van der Waals surface area contributed by atoms with Crippen LogP contribution in [0.5, 0.6) is 5.75 Å². The normalized spacial score (nSPS) is 18.7. The van der Waals surface area contributed by atoms with Crippen LogP contribution in [0.3, 0.4) is 0 Å². The van der Waals surface area contributed by atoms with Gasteiger partial charge in [0.05, 0.1) is 7.11 Å². The molecule has 1 aliphatic heterocycles. The molecule has 0 radical (unpaired) electrons. The molecule has 0 aliphatic carbocycles. The van der Waals surface area contributed by atoms with Gasteiger partial charge in [0.1, 0.15) is 5.75 Å². The van der Waals surface area contributed by atoms with E-state index in [-0.39, 0.29) is 5.91 Å². The Hall–Kier alpha value is -1.55. The summed E-state index contributed by atoms with van der Waals surface area (Å²) in [7, 11) is 1.65. The van der Waals surface area contributed by atoms with Crippen LogP contribution < -0.4 is 10.1 Å². The van der Waals surface area contributed by atoms with Crippen molar-refractivity contribution in [3.8, 4) is 5.75 Å². The average Bonchev–Trinajstić information content (AvgIpc) is 2.58. The molecule has 1 aromatic rings. The van der Waals surface area contributed by atoms with Crippen LogP contribution in [0.2, 0.25) is 0 Å². The summed E-state index contributed by atoms with van der Waals surface area (Å²) in [6.07, 6.45) is 6.25. The predicted molar refractivity (Wildman–Crippen MR) is 94.2 cm³/mol. The fourth-order valence-electron chi connectivity index (χ4n) is 3.42. The van der Waals surface area contributed by atoms with Gasteiger partial charge in [-0.1, -0.05) is 13.3 Å². The SMILES string of the molecule is CC[C@@H]1CCCCN1CCCNC(=O)c1ccc(OC)c(C)c1. The highest BCUT2D eigenvalue weighted by atomic mass is 16.5. The summed E-state index contributed by atoms with van der Waals surface area (Å²) in [4.78, 5) is 14.8. The van der Waals surface area contributed by atoms with E-state index in [1.807, 2.05) is 25.1 Å². The van der Waals surface area contributed by atoms with Gasteiger partial charge in [-0.15, -0.1) is 0 Å². The maximum atomic E-state index is 12.2. The summed E-state index contributed by atoms with van der Waals surface area (Å²) in [6.45, 7) is 7.26. The number of piperidine rings is 1. The molecular formula is C19H30N2O2. The molecule has 4 heteroatoms. The van der Waals surface area contributed by atoms with E-state index in [9.17, 15) is 4.79 Å². The van der Waals surface area contributed by atoms with E-state index in [1.165, 1.54) is 32.2 Å². The van der Waals surface area contributed by atoms with Crippen LogP contribution in [0.15, 0.2) is 18.2 Å². The van der Waals surface area contributed by atoms with E-state index in [0.29, 0.717) is 5.56 Å². The van der Waals surface area contributed by atoms with Crippen molar-refractivity contribution in [3.63, 3.8) is 0 Å². The molecule has 1 amide bonds. The molecule has 2 rings (SSSR count). The van der Waals surface area contributed by atoms with Crippen LogP contribution in [-0.4, -0.2) is 43.6 Å². The van der Waals surface area contributed by atoms with Crippen molar-refractivity contribution in [1.82, 2.24) is 10.2 Å². The van der Waals surface area contributed by atoms with Crippen LogP contribution in [0.25, 0.3) is 0 Å². The first kappa shape index (κ1) is 17.8. The Bertz CT molecular complexity index is 516. The second-order valence-corrected chi connectivity index (χ2v) is 6.39. The predicted octanol–water partition coefficient (Wildman–Crippen LogP) is 3.39. The van der Waals surface area contributed by atoms with Gasteiger partial charge < -0.3 is 15.0 Å². The minimum atomic E-state index is 0.00133. The van der Waals surface area contributed by atoms with Gasteiger partial charge in [0.25, 0.3) is 5.91 Å². The molecular weight excluding hydrogens is 288 g/mol. The third-order valence-electron chi connectivity index (χ3n) is 4.79. The van der Waals surface area contributed by atoms with E-state index < -0.39 is 0 Å². The smallest absolute Gasteiger partial charge is 0.251 e. The molecule has 0 saturated carbocycles. The van der Waals surface area contributed by atoms with Crippen molar-refractivity contribution < 1.29 is 9.53 Å². The van der Waals surface area contributed by atoms with Gasteiger partial charge in [0.2, 0.25) is 0 Å². The maximum absolute atomic E-state index is 12.2. The molecule has 1 heterocycles. The zero-order valence-electron chi connectivity index (χ0n) is 14.7. The highest BCUT2D eigenvalue weighted by molar-refractivity contribution is 5.94. The largest absolute Gasteiger partial charge is 0.496 e. The highest BCUT2D eigenvalue weighted by Gasteiger charge is 2.19. The summed E-state index contributed by atoms with van der Waals surface area (Å²) in [5.74, 6) is 0.818. The monoisotopic (exact) mass is 318 g/mol. The molecule has 1 aliphatic rings. The number of benzene rings is 1. The Labute approximate surface area is 140 Å². The summed E-state index contributed by atoms with van der Waals surface area (Å²) in [5.41, 5.74) is 1.69. The van der Waals surface area contributed by atoms with Crippen LogP contribution in [0, 0.1) is 6.92 Å². The third kappa shape index (κ3) is 4.96. The number of carbonyl (C=O) groups is 1. The lowest BCUT2D eigenvalue weighted by atomic mass is 10.00. The van der Waals surface area contributed by atoms with Gasteiger partial charge in [-0.3, -0.25) is 4.79 Å². The topological polar surface area (TPSA) is 41.6 Å². The van der Waals surface area contributed by atoms with Crippen molar-refractivity contribution in [2.75, 3.05) is 26.7 Å². The van der Waals surface area contributed by atoms with E-state index in [4.69, 9.17) is 4.74 Å². The van der Waals surface area contributed by atoms with Crippen LogP contribution in [-0.2, 0) is 0 Å². The van der Waals surface area contributed by atoms with E-state index in [2.05, 4.69) is 17.1 Å². The molecule has 0 spiro atoms. The first-order valence-corrected chi connectivity index (χ1v) is 8.82. The van der Waals surface area contributed by atoms with Crippen molar-refractivity contribution >= 4 is 5.91 Å². The second-order valence-electron chi connectivity index (χ2n) is 6.39. The average molecular weight is 318 g/mol. The summed E-state index contributed by atoms with van der Waals surface area (Å²) in [5, 5.41) is 3.03. The van der Waals surface area contributed by atoms with Gasteiger partial charge in [0, 0.05) is 24.7 Å². The molecule has 1 saturated heterocycles. The molecule has 1 atom stereocenters. The Balaban J connectivity index is 1.75. The lowest BCUT2D eigenvalue weighted by Crippen LogP contribution is -2.40. The van der Waals surface area contributed by atoms with Gasteiger partial charge in [-0.05, 0) is 62.9 Å². The fraction of sp³-hybridized carbons (Fsp3) is 0.632. The molecule has 4 nitrogen and oxygen atoms in total.